The number of nitrogens with two attached hydrogens (primary N) is 1. The molecule has 2 amide bonds. The topological polar surface area (TPSA) is 72.2 Å². The zero-order chi connectivity index (χ0) is 15.5. The van der Waals surface area contributed by atoms with Gasteiger partial charge in [-0.1, -0.05) is 25.0 Å². The molecule has 0 bridgehead atoms. The number of hydrogen-bond donors (Lipinski definition) is 2. The molecule has 0 aliphatic heterocycles. The lowest BCUT2D eigenvalue weighted by Gasteiger charge is -2.28. The van der Waals surface area contributed by atoms with Gasteiger partial charge in [0.05, 0.1) is 0 Å². The highest BCUT2D eigenvalue weighted by molar-refractivity contribution is 5.94. The highest BCUT2D eigenvalue weighted by Crippen LogP contribution is 2.36. The third kappa shape index (κ3) is 3.32. The zero-order valence-electron chi connectivity index (χ0n) is 12.9. The Morgan fingerprint density at radius 3 is 2.27 bits per heavy atom. The number of carbonyl (C=O) groups is 2. The zero-order valence-corrected chi connectivity index (χ0v) is 12.9. The van der Waals surface area contributed by atoms with Gasteiger partial charge in [-0.05, 0) is 55.7 Å². The molecule has 1 aromatic carbocycles. The fourth-order valence-electron chi connectivity index (χ4n) is 3.50. The van der Waals surface area contributed by atoms with Gasteiger partial charge in [-0.25, -0.2) is 0 Å². The number of benzene rings is 1. The Morgan fingerprint density at radius 2 is 1.68 bits per heavy atom. The fraction of sp³-hybridized carbons (Fsp3) is 0.556. The van der Waals surface area contributed by atoms with Crippen LogP contribution in [-0.4, -0.2) is 17.9 Å². The second-order valence-electron chi connectivity index (χ2n) is 6.69. The Balaban J connectivity index is 1.58. The third-order valence-electron chi connectivity index (χ3n) is 5.16. The third-order valence-corrected chi connectivity index (χ3v) is 5.16. The summed E-state index contributed by atoms with van der Waals surface area (Å²) in [6, 6.07) is 8.04. The van der Waals surface area contributed by atoms with Crippen molar-refractivity contribution in [3.05, 3.63) is 35.4 Å². The second kappa shape index (κ2) is 6.51. The van der Waals surface area contributed by atoms with Crippen LogP contribution in [-0.2, 0) is 4.79 Å². The van der Waals surface area contributed by atoms with Crippen LogP contribution < -0.4 is 11.1 Å². The molecule has 118 valence electrons. The van der Waals surface area contributed by atoms with E-state index in [4.69, 9.17) is 5.73 Å². The maximum atomic E-state index is 12.3. The van der Waals surface area contributed by atoms with Gasteiger partial charge < -0.3 is 11.1 Å². The van der Waals surface area contributed by atoms with Crippen molar-refractivity contribution in [3.8, 4) is 0 Å². The molecule has 3 N–H and O–H groups in total. The van der Waals surface area contributed by atoms with E-state index in [9.17, 15) is 9.59 Å². The Kier molecular flexibility index (Phi) is 4.46. The van der Waals surface area contributed by atoms with Gasteiger partial charge >= 0.3 is 0 Å². The summed E-state index contributed by atoms with van der Waals surface area (Å²) in [5.41, 5.74) is 7.42. The van der Waals surface area contributed by atoms with E-state index in [-0.39, 0.29) is 23.8 Å². The summed E-state index contributed by atoms with van der Waals surface area (Å²) in [5.74, 6) is 0.297. The van der Waals surface area contributed by atoms with Crippen LogP contribution >= 0.6 is 0 Å². The lowest BCUT2D eigenvalue weighted by atomic mass is 9.80. The van der Waals surface area contributed by atoms with Gasteiger partial charge in [0.25, 0.3) is 5.91 Å². The largest absolute Gasteiger partial charge is 0.369 e. The van der Waals surface area contributed by atoms with E-state index in [1.54, 1.807) is 0 Å². The van der Waals surface area contributed by atoms with Crippen molar-refractivity contribution >= 4 is 11.8 Å². The number of nitrogens with one attached hydrogen (secondary N) is 1. The lowest BCUT2D eigenvalue weighted by Crippen LogP contribution is -2.41. The van der Waals surface area contributed by atoms with Crippen molar-refractivity contribution in [2.75, 3.05) is 0 Å². The number of carbonyl (C=O) groups excluding carboxylic acids is 2. The molecule has 0 radical (unpaired) electrons. The van der Waals surface area contributed by atoms with Gasteiger partial charge in [-0.3, -0.25) is 9.59 Å². The van der Waals surface area contributed by atoms with Crippen molar-refractivity contribution in [2.24, 2.45) is 11.7 Å². The smallest absolute Gasteiger partial charge is 0.251 e. The SMILES string of the molecule is NC(=O)[C@H]1CCC[C@@H](NC(=O)c2ccc(C3CCC3)cc2)C1. The van der Waals surface area contributed by atoms with Crippen LogP contribution in [0.2, 0.25) is 0 Å². The predicted octanol–water partition coefficient (Wildman–Crippen LogP) is 2.73. The summed E-state index contributed by atoms with van der Waals surface area (Å²) in [4.78, 5) is 23.6. The Labute approximate surface area is 131 Å². The van der Waals surface area contributed by atoms with Crippen molar-refractivity contribution in [1.82, 2.24) is 5.32 Å². The van der Waals surface area contributed by atoms with Gasteiger partial charge in [-0.15, -0.1) is 0 Å². The van der Waals surface area contributed by atoms with Crippen LogP contribution in [0.15, 0.2) is 24.3 Å². The first-order valence-corrected chi connectivity index (χ1v) is 8.33. The number of amides is 2. The van der Waals surface area contributed by atoms with E-state index < -0.39 is 0 Å². The first kappa shape index (κ1) is 15.1. The van der Waals surface area contributed by atoms with Crippen LogP contribution in [0.1, 0.15) is 66.8 Å². The predicted molar refractivity (Wildman–Crippen MR) is 85.4 cm³/mol. The molecule has 0 unspecified atom stereocenters. The molecule has 4 heteroatoms. The lowest BCUT2D eigenvalue weighted by molar-refractivity contribution is -0.122. The van der Waals surface area contributed by atoms with Gasteiger partial charge in [0, 0.05) is 17.5 Å². The molecule has 2 aliphatic carbocycles. The van der Waals surface area contributed by atoms with E-state index in [1.165, 1.54) is 24.8 Å². The van der Waals surface area contributed by atoms with E-state index in [0.717, 1.165) is 19.3 Å². The molecule has 2 saturated carbocycles. The van der Waals surface area contributed by atoms with Crippen LogP contribution in [0.4, 0.5) is 0 Å². The van der Waals surface area contributed by atoms with E-state index in [1.807, 2.05) is 12.1 Å². The Morgan fingerprint density at radius 1 is 1.00 bits per heavy atom. The van der Waals surface area contributed by atoms with E-state index >= 15 is 0 Å². The maximum absolute atomic E-state index is 12.3. The molecule has 0 spiro atoms. The first-order chi connectivity index (χ1) is 10.6. The minimum atomic E-state index is -0.246. The molecule has 0 aromatic heterocycles. The molecule has 3 rings (SSSR count). The molecule has 0 saturated heterocycles. The Hall–Kier alpha value is -1.84. The molecule has 0 heterocycles. The minimum Gasteiger partial charge on any atom is -0.369 e. The molecule has 2 atom stereocenters. The molecule has 22 heavy (non-hydrogen) atoms. The Bertz CT molecular complexity index is 549. The fourth-order valence-corrected chi connectivity index (χ4v) is 3.50. The first-order valence-electron chi connectivity index (χ1n) is 8.33. The quantitative estimate of drug-likeness (QED) is 0.897. The molecule has 2 fully saturated rings. The number of rotatable bonds is 4. The summed E-state index contributed by atoms with van der Waals surface area (Å²) in [6.45, 7) is 0. The highest BCUT2D eigenvalue weighted by atomic mass is 16.2. The van der Waals surface area contributed by atoms with Crippen molar-refractivity contribution < 1.29 is 9.59 Å². The van der Waals surface area contributed by atoms with Gasteiger partial charge in [0.2, 0.25) is 5.91 Å². The summed E-state index contributed by atoms with van der Waals surface area (Å²) in [7, 11) is 0. The normalized spacial score (nSPS) is 25.3. The maximum Gasteiger partial charge on any atom is 0.251 e. The van der Waals surface area contributed by atoms with Gasteiger partial charge in [0.15, 0.2) is 0 Å². The van der Waals surface area contributed by atoms with Gasteiger partial charge in [0.1, 0.15) is 0 Å². The minimum absolute atomic E-state index is 0.0460. The average molecular weight is 300 g/mol. The van der Waals surface area contributed by atoms with Crippen molar-refractivity contribution in [2.45, 2.75) is 56.9 Å². The van der Waals surface area contributed by atoms with Crippen LogP contribution in [0.3, 0.4) is 0 Å². The van der Waals surface area contributed by atoms with Crippen LogP contribution in [0.25, 0.3) is 0 Å². The molecule has 2 aliphatic rings. The molecular weight excluding hydrogens is 276 g/mol. The number of hydrogen-bond acceptors (Lipinski definition) is 2. The van der Waals surface area contributed by atoms with Crippen molar-refractivity contribution in [3.63, 3.8) is 0 Å². The second-order valence-corrected chi connectivity index (χ2v) is 6.69. The standard InChI is InChI=1S/C18H24N2O2/c19-17(21)15-5-2-6-16(11-15)20-18(22)14-9-7-13(8-10-14)12-3-1-4-12/h7-10,12,15-16H,1-6,11H2,(H2,19,21)(H,20,22)/t15-,16+/m0/s1. The van der Waals surface area contributed by atoms with E-state index in [2.05, 4.69) is 17.4 Å². The number of primary amides is 1. The summed E-state index contributed by atoms with van der Waals surface area (Å²) < 4.78 is 0. The summed E-state index contributed by atoms with van der Waals surface area (Å²) in [5, 5.41) is 3.05. The summed E-state index contributed by atoms with van der Waals surface area (Å²) in [6.07, 6.45) is 7.23. The molecular formula is C18H24N2O2. The summed E-state index contributed by atoms with van der Waals surface area (Å²) >= 11 is 0. The van der Waals surface area contributed by atoms with E-state index in [0.29, 0.717) is 17.9 Å². The molecule has 4 nitrogen and oxygen atoms in total. The van der Waals surface area contributed by atoms with Gasteiger partial charge in [-0.2, -0.15) is 0 Å². The highest BCUT2D eigenvalue weighted by Gasteiger charge is 2.27. The average Bonchev–Trinajstić information content (AvgIpc) is 2.46. The van der Waals surface area contributed by atoms with Crippen LogP contribution in [0, 0.1) is 5.92 Å². The van der Waals surface area contributed by atoms with Crippen molar-refractivity contribution in [1.29, 1.82) is 0 Å². The monoisotopic (exact) mass is 300 g/mol. The van der Waals surface area contributed by atoms with Crippen LogP contribution in [0.5, 0.6) is 0 Å². The molecule has 1 aromatic rings.